The van der Waals surface area contributed by atoms with Crippen molar-refractivity contribution in [3.05, 3.63) is 10.6 Å². The van der Waals surface area contributed by atoms with E-state index in [-0.39, 0.29) is 23.1 Å². The van der Waals surface area contributed by atoms with Crippen LogP contribution < -0.4 is 0 Å². The molecular formula is C12H15NO5S. The molecule has 2 fully saturated rings. The molecule has 7 heteroatoms. The fraction of sp³-hybridized carbons (Fsp3) is 0.667. The third-order valence-electron chi connectivity index (χ3n) is 3.34. The van der Waals surface area contributed by atoms with E-state index in [1.165, 1.54) is 23.6 Å². The summed E-state index contributed by atoms with van der Waals surface area (Å²) in [4.78, 5) is 25.9. The lowest BCUT2D eigenvalue weighted by molar-refractivity contribution is -0.164. The number of thioether (sulfide) groups is 1. The molecule has 0 aromatic heterocycles. The van der Waals surface area contributed by atoms with Crippen LogP contribution in [0.4, 0.5) is 0 Å². The zero-order chi connectivity index (χ0) is 13.6. The van der Waals surface area contributed by atoms with Crippen molar-refractivity contribution in [2.24, 2.45) is 0 Å². The lowest BCUT2D eigenvalue weighted by Crippen LogP contribution is -2.48. The van der Waals surface area contributed by atoms with Gasteiger partial charge in [0.15, 0.2) is 6.29 Å². The number of ether oxygens (including phenoxy) is 2. The van der Waals surface area contributed by atoms with Crippen molar-refractivity contribution < 1.29 is 24.2 Å². The Balaban J connectivity index is 1.89. The number of β-lactam (4-membered cyclic amide) rings is 1. The van der Waals surface area contributed by atoms with Crippen molar-refractivity contribution in [3.8, 4) is 0 Å². The molecule has 0 radical (unpaired) electrons. The quantitative estimate of drug-likeness (QED) is 0.464. The molecule has 19 heavy (non-hydrogen) atoms. The van der Waals surface area contributed by atoms with Crippen molar-refractivity contribution >= 4 is 23.6 Å². The molecule has 2 unspecified atom stereocenters. The van der Waals surface area contributed by atoms with E-state index >= 15 is 0 Å². The zero-order valence-electron chi connectivity index (χ0n) is 10.5. The van der Waals surface area contributed by atoms with Crippen LogP contribution in [0.5, 0.6) is 0 Å². The summed E-state index contributed by atoms with van der Waals surface area (Å²) in [6, 6.07) is 0. The van der Waals surface area contributed by atoms with Gasteiger partial charge in [-0.1, -0.05) is 11.8 Å². The van der Waals surface area contributed by atoms with Crippen molar-refractivity contribution in [1.82, 2.24) is 4.90 Å². The molecule has 0 spiro atoms. The topological polar surface area (TPSA) is 76.1 Å². The van der Waals surface area contributed by atoms with Crippen LogP contribution in [0, 0.1) is 0 Å². The predicted octanol–water partition coefficient (Wildman–Crippen LogP) is 0.564. The summed E-state index contributed by atoms with van der Waals surface area (Å²) in [6.45, 7) is 2.04. The summed E-state index contributed by atoms with van der Waals surface area (Å²) < 4.78 is 10.4. The third kappa shape index (κ3) is 2.15. The molecule has 3 atom stereocenters. The van der Waals surface area contributed by atoms with Gasteiger partial charge in [-0.3, -0.25) is 9.69 Å². The van der Waals surface area contributed by atoms with Gasteiger partial charge in [0.25, 0.3) is 0 Å². The predicted molar refractivity (Wildman–Crippen MR) is 66.6 cm³/mol. The van der Waals surface area contributed by atoms with E-state index in [1.807, 2.05) is 0 Å². The average Bonchev–Trinajstić information content (AvgIpc) is 2.91. The fourth-order valence-corrected chi connectivity index (χ4v) is 3.97. The maximum atomic E-state index is 12.1. The van der Waals surface area contributed by atoms with Crippen LogP contribution in [0.25, 0.3) is 0 Å². The number of hydrogen-bond donors (Lipinski definition) is 1. The Morgan fingerprint density at radius 3 is 3.00 bits per heavy atom. The Morgan fingerprint density at radius 1 is 1.63 bits per heavy atom. The summed E-state index contributed by atoms with van der Waals surface area (Å²) in [5, 5.41) is 9.15. The van der Waals surface area contributed by atoms with E-state index < -0.39 is 12.3 Å². The summed E-state index contributed by atoms with van der Waals surface area (Å²) >= 11 is 1.50. The largest absolute Gasteiger partial charge is 0.432 e. The minimum Gasteiger partial charge on any atom is -0.432 e. The second-order valence-electron chi connectivity index (χ2n) is 4.76. The molecule has 3 rings (SSSR count). The molecule has 104 valence electrons. The minimum absolute atomic E-state index is 0.0109. The normalized spacial score (nSPS) is 31.3. The first-order valence-electron chi connectivity index (χ1n) is 6.31. The lowest BCUT2D eigenvalue weighted by Gasteiger charge is -2.34. The molecule has 2 saturated heterocycles. The van der Waals surface area contributed by atoms with Crippen LogP contribution in [0.2, 0.25) is 0 Å². The Kier molecular flexibility index (Phi) is 3.28. The van der Waals surface area contributed by atoms with Gasteiger partial charge < -0.3 is 14.6 Å². The molecule has 3 aliphatic heterocycles. The Morgan fingerprint density at radius 2 is 2.42 bits per heavy atom. The van der Waals surface area contributed by atoms with E-state index in [4.69, 9.17) is 14.6 Å². The van der Waals surface area contributed by atoms with E-state index in [9.17, 15) is 9.59 Å². The number of carbonyl (C=O) groups excluding carboxylic acids is 2. The summed E-state index contributed by atoms with van der Waals surface area (Å²) in [5.74, 6) is -0.730. The monoisotopic (exact) mass is 285 g/mol. The highest BCUT2D eigenvalue weighted by molar-refractivity contribution is 8.04. The van der Waals surface area contributed by atoms with Crippen molar-refractivity contribution in [2.75, 3.05) is 6.61 Å². The van der Waals surface area contributed by atoms with Crippen LogP contribution in [-0.2, 0) is 19.1 Å². The van der Waals surface area contributed by atoms with Gasteiger partial charge in [-0.05, 0) is 19.8 Å². The molecule has 0 aromatic carbocycles. The number of aliphatic hydroxyl groups excluding tert-OH is 1. The van der Waals surface area contributed by atoms with Crippen LogP contribution in [0.3, 0.4) is 0 Å². The molecular weight excluding hydrogens is 270 g/mol. The molecule has 1 amide bonds. The zero-order valence-corrected chi connectivity index (χ0v) is 11.3. The summed E-state index contributed by atoms with van der Waals surface area (Å²) in [6.07, 6.45) is 0.923. The van der Waals surface area contributed by atoms with Crippen LogP contribution in [-0.4, -0.2) is 46.3 Å². The first-order valence-corrected chi connectivity index (χ1v) is 7.19. The Bertz CT molecular complexity index is 455. The molecule has 3 aliphatic rings. The van der Waals surface area contributed by atoms with Crippen molar-refractivity contribution in [1.29, 1.82) is 0 Å². The number of aliphatic hydroxyl groups is 1. The van der Waals surface area contributed by atoms with E-state index in [0.717, 1.165) is 17.7 Å². The van der Waals surface area contributed by atoms with Gasteiger partial charge >= 0.3 is 5.97 Å². The molecule has 0 bridgehead atoms. The van der Waals surface area contributed by atoms with Gasteiger partial charge in [-0.2, -0.15) is 0 Å². The molecule has 1 N–H and O–H groups in total. The Labute approximate surface area is 114 Å². The van der Waals surface area contributed by atoms with Gasteiger partial charge in [0, 0.05) is 11.5 Å². The van der Waals surface area contributed by atoms with E-state index in [1.54, 1.807) is 0 Å². The number of carbonyl (C=O) groups is 2. The van der Waals surface area contributed by atoms with Gasteiger partial charge in [0.05, 0.1) is 17.9 Å². The standard InChI is InChI=1S/C12H15NO5S/c1-6(14)18-12(16)10-11(7-3-2-4-17-7)19-9-5-8(15)13(9)10/h6-7,9,14H,2-5H2,1H3/t6?,7?,9-/m0/s1. The summed E-state index contributed by atoms with van der Waals surface area (Å²) in [5.41, 5.74) is 0.263. The molecule has 0 aliphatic carbocycles. The number of nitrogens with zero attached hydrogens (tertiary/aromatic N) is 1. The van der Waals surface area contributed by atoms with Gasteiger partial charge in [-0.25, -0.2) is 4.79 Å². The van der Waals surface area contributed by atoms with Gasteiger partial charge in [0.1, 0.15) is 5.70 Å². The average molecular weight is 285 g/mol. The molecule has 3 heterocycles. The fourth-order valence-electron chi connectivity index (χ4n) is 2.49. The minimum atomic E-state index is -1.19. The third-order valence-corrected chi connectivity index (χ3v) is 4.70. The first kappa shape index (κ1) is 13.0. The van der Waals surface area contributed by atoms with Crippen molar-refractivity contribution in [2.45, 2.75) is 44.0 Å². The number of esters is 1. The highest BCUT2D eigenvalue weighted by Crippen LogP contribution is 2.49. The number of hydrogen-bond acceptors (Lipinski definition) is 6. The van der Waals surface area contributed by atoms with Gasteiger partial charge in [0.2, 0.25) is 5.91 Å². The summed E-state index contributed by atoms with van der Waals surface area (Å²) in [7, 11) is 0. The first-order chi connectivity index (χ1) is 9.08. The lowest BCUT2D eigenvalue weighted by atomic mass is 10.1. The second kappa shape index (κ2) is 4.81. The van der Waals surface area contributed by atoms with Crippen LogP contribution >= 0.6 is 11.8 Å². The van der Waals surface area contributed by atoms with E-state index in [0.29, 0.717) is 13.0 Å². The Hall–Kier alpha value is -1.05. The SMILES string of the molecule is CC(O)OC(=O)C1=C(C2CCCO2)S[C@H]2CC(=O)N12. The van der Waals surface area contributed by atoms with E-state index in [2.05, 4.69) is 0 Å². The van der Waals surface area contributed by atoms with Crippen LogP contribution in [0.1, 0.15) is 26.2 Å². The van der Waals surface area contributed by atoms with Crippen LogP contribution in [0.15, 0.2) is 10.6 Å². The van der Waals surface area contributed by atoms with Crippen molar-refractivity contribution in [3.63, 3.8) is 0 Å². The smallest absolute Gasteiger partial charge is 0.358 e. The number of fused-ring (bicyclic) bond motifs is 1. The second-order valence-corrected chi connectivity index (χ2v) is 5.98. The molecule has 0 aromatic rings. The molecule has 0 saturated carbocycles. The van der Waals surface area contributed by atoms with Gasteiger partial charge in [-0.15, -0.1) is 0 Å². The maximum absolute atomic E-state index is 12.1. The maximum Gasteiger partial charge on any atom is 0.358 e. The highest BCUT2D eigenvalue weighted by Gasteiger charge is 2.50. The molecule has 6 nitrogen and oxygen atoms in total. The highest BCUT2D eigenvalue weighted by atomic mass is 32.2. The number of amides is 1. The number of rotatable bonds is 3.